The van der Waals surface area contributed by atoms with Crippen LogP contribution in [0.25, 0.3) is 0 Å². The van der Waals surface area contributed by atoms with Crippen molar-refractivity contribution in [2.24, 2.45) is 0 Å². The van der Waals surface area contributed by atoms with E-state index in [0.717, 1.165) is 0 Å². The van der Waals surface area contributed by atoms with E-state index >= 15 is 0 Å². The highest BCUT2D eigenvalue weighted by Gasteiger charge is 2.23. The lowest BCUT2D eigenvalue weighted by atomic mass is 10.3. The van der Waals surface area contributed by atoms with Crippen molar-refractivity contribution in [3.63, 3.8) is 0 Å². The fourth-order valence-corrected chi connectivity index (χ4v) is 2.79. The summed E-state index contributed by atoms with van der Waals surface area (Å²) in [5.41, 5.74) is 0.670. The molecule has 4 nitrogen and oxygen atoms in total. The average Bonchev–Trinajstić information content (AvgIpc) is 2.74. The summed E-state index contributed by atoms with van der Waals surface area (Å²) in [4.78, 5) is 0.386. The van der Waals surface area contributed by atoms with Crippen LogP contribution in [0.4, 0.5) is 0 Å². The summed E-state index contributed by atoms with van der Waals surface area (Å²) in [7, 11) is 0. The summed E-state index contributed by atoms with van der Waals surface area (Å²) < 4.78 is 30.2. The third-order valence-electron chi connectivity index (χ3n) is 1.72. The predicted octanol–water partition coefficient (Wildman–Crippen LogP) is 1.37. The van der Waals surface area contributed by atoms with E-state index in [1.165, 1.54) is 11.3 Å². The first-order valence-electron chi connectivity index (χ1n) is 3.69. The maximum atomic E-state index is 10.8. The van der Waals surface area contributed by atoms with E-state index in [-0.39, 0.29) is 0 Å². The maximum Gasteiger partial charge on any atom is 0.187 e. The van der Waals surface area contributed by atoms with Crippen LogP contribution in [0.2, 0.25) is 0 Å². The molecule has 0 aromatic carbocycles. The SMILES string of the molecule is O=S(O)c1cscc1C1OCCO1. The minimum absolute atomic E-state index is 0.386. The highest BCUT2D eigenvalue weighted by Crippen LogP contribution is 2.30. The number of ether oxygens (including phenoxy) is 2. The molecule has 0 saturated carbocycles. The van der Waals surface area contributed by atoms with E-state index in [2.05, 4.69) is 0 Å². The summed E-state index contributed by atoms with van der Waals surface area (Å²) in [6.07, 6.45) is -0.461. The lowest BCUT2D eigenvalue weighted by molar-refractivity contribution is -0.0457. The summed E-state index contributed by atoms with van der Waals surface area (Å²) in [5.74, 6) is 0. The topological polar surface area (TPSA) is 55.8 Å². The fraction of sp³-hybridized carbons (Fsp3) is 0.429. The molecule has 72 valence electrons. The van der Waals surface area contributed by atoms with Crippen molar-refractivity contribution in [1.82, 2.24) is 0 Å². The van der Waals surface area contributed by atoms with Crippen molar-refractivity contribution < 1.29 is 18.2 Å². The van der Waals surface area contributed by atoms with Crippen LogP contribution in [-0.2, 0) is 20.6 Å². The first-order valence-corrected chi connectivity index (χ1v) is 5.74. The monoisotopic (exact) mass is 220 g/mol. The second kappa shape index (κ2) is 3.85. The van der Waals surface area contributed by atoms with Gasteiger partial charge in [-0.2, -0.15) is 11.3 Å². The van der Waals surface area contributed by atoms with Crippen molar-refractivity contribution in [3.05, 3.63) is 16.3 Å². The second-order valence-electron chi connectivity index (χ2n) is 2.51. The Kier molecular flexibility index (Phi) is 2.75. The molecule has 0 spiro atoms. The lowest BCUT2D eigenvalue weighted by Crippen LogP contribution is -2.00. The van der Waals surface area contributed by atoms with E-state index < -0.39 is 17.4 Å². The Morgan fingerprint density at radius 1 is 1.46 bits per heavy atom. The molecule has 1 aliphatic rings. The van der Waals surface area contributed by atoms with E-state index in [9.17, 15) is 4.21 Å². The predicted molar refractivity (Wildman–Crippen MR) is 48.0 cm³/mol. The number of hydrogen-bond acceptors (Lipinski definition) is 4. The van der Waals surface area contributed by atoms with Crippen LogP contribution >= 0.6 is 11.3 Å². The molecular weight excluding hydrogens is 212 g/mol. The third kappa shape index (κ3) is 1.82. The Morgan fingerprint density at radius 2 is 2.15 bits per heavy atom. The van der Waals surface area contributed by atoms with Gasteiger partial charge in [-0.15, -0.1) is 0 Å². The van der Waals surface area contributed by atoms with Gasteiger partial charge in [0.25, 0.3) is 0 Å². The molecule has 6 heteroatoms. The van der Waals surface area contributed by atoms with Crippen molar-refractivity contribution >= 4 is 22.4 Å². The third-order valence-corrected chi connectivity index (χ3v) is 3.36. The summed E-state index contributed by atoms with van der Waals surface area (Å²) in [5, 5.41) is 3.41. The molecule has 0 bridgehead atoms. The molecular formula is C7H8O4S2. The zero-order chi connectivity index (χ0) is 9.26. The van der Waals surface area contributed by atoms with Crippen LogP contribution in [-0.4, -0.2) is 22.0 Å². The van der Waals surface area contributed by atoms with Gasteiger partial charge in [0.1, 0.15) is 0 Å². The van der Waals surface area contributed by atoms with Gasteiger partial charge in [-0.1, -0.05) is 0 Å². The number of rotatable bonds is 2. The molecule has 2 rings (SSSR count). The van der Waals surface area contributed by atoms with Crippen molar-refractivity contribution in [2.45, 2.75) is 11.2 Å². The van der Waals surface area contributed by atoms with Gasteiger partial charge in [-0.25, -0.2) is 4.21 Å². The highest BCUT2D eigenvalue weighted by atomic mass is 32.2. The van der Waals surface area contributed by atoms with E-state index in [4.69, 9.17) is 14.0 Å². The van der Waals surface area contributed by atoms with Gasteiger partial charge in [-0.05, 0) is 0 Å². The Bertz CT molecular complexity index is 316. The van der Waals surface area contributed by atoms with Crippen LogP contribution in [0, 0.1) is 0 Å². The number of thiophene rings is 1. The Labute approximate surface area is 81.8 Å². The van der Waals surface area contributed by atoms with Crippen LogP contribution < -0.4 is 0 Å². The summed E-state index contributed by atoms with van der Waals surface area (Å²) >= 11 is -0.587. The van der Waals surface area contributed by atoms with Crippen molar-refractivity contribution in [2.75, 3.05) is 13.2 Å². The number of hydrogen-bond donors (Lipinski definition) is 1. The molecule has 0 radical (unpaired) electrons. The van der Waals surface area contributed by atoms with Crippen molar-refractivity contribution in [3.8, 4) is 0 Å². The zero-order valence-corrected chi connectivity index (χ0v) is 8.27. The smallest absolute Gasteiger partial charge is 0.187 e. The standard InChI is InChI=1S/C7H8O4S2/c8-13(9)6-4-12-3-5(6)7-10-1-2-11-7/h3-4,7H,1-2H2,(H,8,9). The summed E-state index contributed by atoms with van der Waals surface area (Å²) in [6.45, 7) is 1.08. The molecule has 1 aliphatic heterocycles. The molecule has 1 unspecified atom stereocenters. The van der Waals surface area contributed by atoms with Crippen LogP contribution in [0.5, 0.6) is 0 Å². The average molecular weight is 220 g/mol. The Hall–Kier alpha value is -0.270. The van der Waals surface area contributed by atoms with Gasteiger partial charge >= 0.3 is 0 Å². The van der Waals surface area contributed by atoms with E-state index in [1.54, 1.807) is 10.8 Å². The minimum atomic E-state index is -1.95. The van der Waals surface area contributed by atoms with Crippen molar-refractivity contribution in [1.29, 1.82) is 0 Å². The normalized spacial score (nSPS) is 20.7. The molecule has 1 fully saturated rings. The zero-order valence-electron chi connectivity index (χ0n) is 6.63. The van der Waals surface area contributed by atoms with Gasteiger partial charge in [0.2, 0.25) is 0 Å². The van der Waals surface area contributed by atoms with E-state index in [1.807, 2.05) is 0 Å². The van der Waals surface area contributed by atoms with Crippen LogP contribution in [0.15, 0.2) is 15.7 Å². The molecule has 1 aromatic heterocycles. The van der Waals surface area contributed by atoms with Crippen LogP contribution in [0.3, 0.4) is 0 Å². The molecule has 13 heavy (non-hydrogen) atoms. The van der Waals surface area contributed by atoms with Crippen LogP contribution in [0.1, 0.15) is 11.9 Å². The van der Waals surface area contributed by atoms with Gasteiger partial charge in [0, 0.05) is 16.3 Å². The molecule has 0 amide bonds. The fourth-order valence-electron chi connectivity index (χ4n) is 1.15. The molecule has 1 atom stereocenters. The molecule has 1 saturated heterocycles. The second-order valence-corrected chi connectivity index (χ2v) is 4.20. The molecule has 1 N–H and O–H groups in total. The van der Waals surface area contributed by atoms with Gasteiger partial charge in [0.05, 0.1) is 18.1 Å². The molecule has 2 heterocycles. The molecule has 0 aliphatic carbocycles. The van der Waals surface area contributed by atoms with E-state index in [0.29, 0.717) is 23.7 Å². The minimum Gasteiger partial charge on any atom is -0.346 e. The Morgan fingerprint density at radius 3 is 2.77 bits per heavy atom. The maximum absolute atomic E-state index is 10.8. The first kappa shape index (κ1) is 9.29. The Balaban J connectivity index is 2.28. The highest BCUT2D eigenvalue weighted by molar-refractivity contribution is 7.79. The van der Waals surface area contributed by atoms with Gasteiger partial charge in [-0.3, -0.25) is 0 Å². The quantitative estimate of drug-likeness (QED) is 0.765. The molecule has 1 aromatic rings. The largest absolute Gasteiger partial charge is 0.346 e. The lowest BCUT2D eigenvalue weighted by Gasteiger charge is -2.07. The summed E-state index contributed by atoms with van der Waals surface area (Å²) in [6, 6.07) is 0. The van der Waals surface area contributed by atoms with Gasteiger partial charge < -0.3 is 14.0 Å². The first-order chi connectivity index (χ1) is 6.29. The van der Waals surface area contributed by atoms with Gasteiger partial charge in [0.15, 0.2) is 17.4 Å².